The molecule has 0 amide bonds. The highest BCUT2D eigenvalue weighted by Gasteiger charge is 2.05. The monoisotopic (exact) mass is 255 g/mol. The molecule has 0 aliphatic heterocycles. The topological polar surface area (TPSA) is 29.1 Å². The van der Waals surface area contributed by atoms with Crippen LogP contribution in [-0.2, 0) is 10.8 Å². The Morgan fingerprint density at radius 1 is 1.00 bits per heavy atom. The molecule has 0 saturated heterocycles. The number of hydrogen-bond donors (Lipinski definition) is 1. The van der Waals surface area contributed by atoms with Gasteiger partial charge in [-0.15, -0.1) is 6.42 Å². The van der Waals surface area contributed by atoms with Gasteiger partial charge in [0.1, 0.15) is 0 Å². The van der Waals surface area contributed by atoms with Crippen molar-refractivity contribution >= 4 is 16.5 Å². The van der Waals surface area contributed by atoms with E-state index < -0.39 is 10.8 Å². The molecule has 2 rings (SSSR count). The van der Waals surface area contributed by atoms with Crippen LogP contribution in [0.3, 0.4) is 0 Å². The van der Waals surface area contributed by atoms with Crippen molar-refractivity contribution in [2.75, 3.05) is 11.9 Å². The maximum absolute atomic E-state index is 12.2. The van der Waals surface area contributed by atoms with Gasteiger partial charge in [0.25, 0.3) is 0 Å². The molecule has 0 aromatic heterocycles. The molecule has 0 bridgehead atoms. The zero-order valence-electron chi connectivity index (χ0n) is 9.80. The fraction of sp³-hybridized carbons (Fsp3) is 0.0667. The molecular weight excluding hydrogens is 242 g/mol. The van der Waals surface area contributed by atoms with Crippen molar-refractivity contribution in [3.8, 4) is 12.3 Å². The number of rotatable bonds is 4. The first-order valence-electron chi connectivity index (χ1n) is 5.55. The fourth-order valence-electron chi connectivity index (χ4n) is 1.53. The Bertz CT molecular complexity index is 570. The lowest BCUT2D eigenvalue weighted by Gasteiger charge is -2.05. The Morgan fingerprint density at radius 2 is 1.61 bits per heavy atom. The Morgan fingerprint density at radius 3 is 2.22 bits per heavy atom. The second kappa shape index (κ2) is 6.04. The van der Waals surface area contributed by atoms with E-state index in [0.717, 1.165) is 15.5 Å². The van der Waals surface area contributed by atoms with Gasteiger partial charge in [-0.05, 0) is 36.4 Å². The van der Waals surface area contributed by atoms with Gasteiger partial charge in [-0.25, -0.2) is 4.21 Å². The summed E-state index contributed by atoms with van der Waals surface area (Å²) in [6.07, 6.45) is 5.17. The van der Waals surface area contributed by atoms with Crippen molar-refractivity contribution in [2.24, 2.45) is 0 Å². The highest BCUT2D eigenvalue weighted by Crippen LogP contribution is 2.18. The molecule has 0 fully saturated rings. The van der Waals surface area contributed by atoms with Crippen LogP contribution in [0, 0.1) is 12.3 Å². The van der Waals surface area contributed by atoms with Gasteiger partial charge in [-0.1, -0.05) is 24.1 Å². The zero-order chi connectivity index (χ0) is 12.8. The molecule has 2 aromatic carbocycles. The molecule has 0 aliphatic rings. The van der Waals surface area contributed by atoms with E-state index in [1.807, 2.05) is 54.6 Å². The maximum atomic E-state index is 12.2. The molecule has 0 unspecified atom stereocenters. The summed E-state index contributed by atoms with van der Waals surface area (Å²) >= 11 is 0. The van der Waals surface area contributed by atoms with Crippen molar-refractivity contribution in [1.82, 2.24) is 0 Å². The van der Waals surface area contributed by atoms with Gasteiger partial charge in [0, 0.05) is 15.5 Å². The van der Waals surface area contributed by atoms with E-state index in [-0.39, 0.29) is 0 Å². The number of hydrogen-bond acceptors (Lipinski definition) is 2. The van der Waals surface area contributed by atoms with Gasteiger partial charge >= 0.3 is 0 Å². The van der Waals surface area contributed by atoms with Crippen molar-refractivity contribution in [3.05, 3.63) is 54.6 Å². The van der Waals surface area contributed by atoms with Gasteiger partial charge in [-0.2, -0.15) is 0 Å². The van der Waals surface area contributed by atoms with Crippen LogP contribution in [0.2, 0.25) is 0 Å². The normalized spacial score (nSPS) is 11.5. The minimum atomic E-state index is -1.13. The highest BCUT2D eigenvalue weighted by molar-refractivity contribution is 7.85. The summed E-state index contributed by atoms with van der Waals surface area (Å²) in [5.41, 5.74) is 0.932. The Kier molecular flexibility index (Phi) is 4.16. The van der Waals surface area contributed by atoms with E-state index in [0.29, 0.717) is 6.54 Å². The van der Waals surface area contributed by atoms with Crippen LogP contribution in [0.4, 0.5) is 5.69 Å². The second-order valence-corrected chi connectivity index (χ2v) is 5.14. The quantitative estimate of drug-likeness (QED) is 0.851. The fourth-order valence-corrected chi connectivity index (χ4v) is 2.59. The summed E-state index contributed by atoms with van der Waals surface area (Å²) in [6, 6.07) is 16.9. The van der Waals surface area contributed by atoms with Gasteiger partial charge < -0.3 is 5.32 Å². The largest absolute Gasteiger partial charge is 0.374 e. The summed E-state index contributed by atoms with van der Waals surface area (Å²) in [7, 11) is -1.13. The van der Waals surface area contributed by atoms with Crippen molar-refractivity contribution < 1.29 is 4.21 Å². The second-order valence-electron chi connectivity index (χ2n) is 3.66. The summed E-state index contributed by atoms with van der Waals surface area (Å²) in [5, 5.41) is 3.07. The third-order valence-electron chi connectivity index (χ3n) is 2.42. The number of anilines is 1. The smallest absolute Gasteiger partial charge is 0.0849 e. The van der Waals surface area contributed by atoms with Crippen LogP contribution in [0.15, 0.2) is 64.4 Å². The molecule has 90 valence electrons. The molecule has 2 aromatic rings. The van der Waals surface area contributed by atoms with Crippen LogP contribution in [0.25, 0.3) is 0 Å². The van der Waals surface area contributed by atoms with Crippen LogP contribution in [0.1, 0.15) is 0 Å². The third kappa shape index (κ3) is 2.99. The van der Waals surface area contributed by atoms with Gasteiger partial charge in [0.2, 0.25) is 0 Å². The zero-order valence-corrected chi connectivity index (χ0v) is 10.6. The van der Waals surface area contributed by atoms with Crippen molar-refractivity contribution in [1.29, 1.82) is 0 Å². The Balaban J connectivity index is 2.15. The van der Waals surface area contributed by atoms with Gasteiger partial charge in [-0.3, -0.25) is 0 Å². The van der Waals surface area contributed by atoms with Crippen molar-refractivity contribution in [2.45, 2.75) is 9.79 Å². The first kappa shape index (κ1) is 12.4. The average Bonchev–Trinajstić information content (AvgIpc) is 2.46. The molecule has 0 radical (unpaired) electrons. The van der Waals surface area contributed by atoms with Crippen LogP contribution < -0.4 is 5.32 Å². The molecule has 2 nitrogen and oxygen atoms in total. The first-order chi connectivity index (χ1) is 8.81. The summed E-state index contributed by atoms with van der Waals surface area (Å²) in [6.45, 7) is 0.487. The van der Waals surface area contributed by atoms with Gasteiger partial charge in [0.15, 0.2) is 0 Å². The predicted molar refractivity (Wildman–Crippen MR) is 74.9 cm³/mol. The Hall–Kier alpha value is -2.05. The van der Waals surface area contributed by atoms with E-state index in [1.54, 1.807) is 0 Å². The Labute approximate surface area is 110 Å². The van der Waals surface area contributed by atoms with E-state index in [9.17, 15) is 4.21 Å². The molecule has 1 N–H and O–H groups in total. The SMILES string of the molecule is C#CCNc1ccc([S@](=O)c2ccccc2)cc1. The number of benzene rings is 2. The summed E-state index contributed by atoms with van der Waals surface area (Å²) in [5.74, 6) is 2.51. The molecule has 0 spiro atoms. The van der Waals surface area contributed by atoms with E-state index in [2.05, 4.69) is 11.2 Å². The lowest BCUT2D eigenvalue weighted by atomic mass is 10.3. The molecule has 1 atom stereocenters. The van der Waals surface area contributed by atoms with Crippen LogP contribution >= 0.6 is 0 Å². The highest BCUT2D eigenvalue weighted by atomic mass is 32.2. The molecule has 0 aliphatic carbocycles. The molecule has 0 saturated carbocycles. The van der Waals surface area contributed by atoms with E-state index in [1.165, 1.54) is 0 Å². The minimum absolute atomic E-state index is 0.487. The number of nitrogens with one attached hydrogen (secondary N) is 1. The molecular formula is C15H13NOS. The molecule has 3 heteroatoms. The maximum Gasteiger partial charge on any atom is 0.0849 e. The molecule has 0 heterocycles. The van der Waals surface area contributed by atoms with Crippen molar-refractivity contribution in [3.63, 3.8) is 0 Å². The summed E-state index contributed by atoms with van der Waals surface area (Å²) < 4.78 is 12.2. The van der Waals surface area contributed by atoms with Gasteiger partial charge in [0.05, 0.1) is 17.3 Å². The standard InChI is InChI=1S/C15H13NOS/c1-2-12-16-13-8-10-15(11-9-13)18(17)14-6-4-3-5-7-14/h1,3-11,16H,12H2/t18-/m1/s1. The average molecular weight is 255 g/mol. The van der Waals surface area contributed by atoms with Crippen LogP contribution in [0.5, 0.6) is 0 Å². The number of terminal acetylenes is 1. The van der Waals surface area contributed by atoms with E-state index in [4.69, 9.17) is 6.42 Å². The van der Waals surface area contributed by atoms with E-state index >= 15 is 0 Å². The minimum Gasteiger partial charge on any atom is -0.374 e. The van der Waals surface area contributed by atoms with Crippen LogP contribution in [-0.4, -0.2) is 10.8 Å². The third-order valence-corrected chi connectivity index (χ3v) is 3.82. The lowest BCUT2D eigenvalue weighted by Crippen LogP contribution is -1.98. The molecule has 18 heavy (non-hydrogen) atoms. The summed E-state index contributed by atoms with van der Waals surface area (Å²) in [4.78, 5) is 1.59. The first-order valence-corrected chi connectivity index (χ1v) is 6.70. The lowest BCUT2D eigenvalue weighted by molar-refractivity contribution is 0.683. The predicted octanol–water partition coefficient (Wildman–Crippen LogP) is 2.90.